The van der Waals surface area contributed by atoms with Gasteiger partial charge in [-0.2, -0.15) is 4.31 Å². The molecule has 0 saturated heterocycles. The largest absolute Gasteiger partial charge is 0.494 e. The lowest BCUT2D eigenvalue weighted by Crippen LogP contribution is -2.40. The normalized spacial score (nSPS) is 12.5. The standard InChI is InChI=1S/C14H22ClN3O4S.ClH/c1-9(8-16)18(4)23(20,21)12-7-10(15)6-11(13(12)22-5)14(19)17(2)3;/h6-7,9H,8,16H2,1-5H3;1H. The first-order valence-electron chi connectivity index (χ1n) is 6.85. The summed E-state index contributed by atoms with van der Waals surface area (Å²) in [5.74, 6) is -0.445. The van der Waals surface area contributed by atoms with E-state index in [1.165, 1.54) is 31.2 Å². The summed E-state index contributed by atoms with van der Waals surface area (Å²) in [6.07, 6.45) is 0. The van der Waals surface area contributed by atoms with Crippen LogP contribution in [-0.4, -0.2) is 64.4 Å². The fraction of sp³-hybridized carbons (Fsp3) is 0.500. The molecular weight excluding hydrogens is 377 g/mol. The third kappa shape index (κ3) is 4.52. The molecule has 0 saturated carbocycles. The summed E-state index contributed by atoms with van der Waals surface area (Å²) < 4.78 is 32.0. The Bertz CT molecular complexity index is 696. The molecule has 7 nitrogen and oxygen atoms in total. The van der Waals surface area contributed by atoms with Gasteiger partial charge in [-0.25, -0.2) is 8.42 Å². The molecule has 2 N–H and O–H groups in total. The number of amides is 1. The van der Waals surface area contributed by atoms with Gasteiger partial charge in [0.05, 0.1) is 12.7 Å². The van der Waals surface area contributed by atoms with Gasteiger partial charge in [-0.1, -0.05) is 11.6 Å². The van der Waals surface area contributed by atoms with Gasteiger partial charge >= 0.3 is 0 Å². The molecule has 0 bridgehead atoms. The van der Waals surface area contributed by atoms with E-state index in [0.717, 1.165) is 4.31 Å². The first-order valence-corrected chi connectivity index (χ1v) is 8.67. The molecule has 1 unspecified atom stereocenters. The van der Waals surface area contributed by atoms with Crippen LogP contribution in [0.4, 0.5) is 0 Å². The maximum Gasteiger partial charge on any atom is 0.257 e. The second-order valence-electron chi connectivity index (χ2n) is 5.29. The number of sulfonamides is 1. The molecule has 0 fully saturated rings. The SMILES string of the molecule is COc1c(C(=O)N(C)C)cc(Cl)cc1S(=O)(=O)N(C)C(C)CN.Cl. The molecule has 0 aliphatic rings. The number of likely N-dealkylation sites (N-methyl/N-ethyl adjacent to an activating group) is 1. The molecule has 1 atom stereocenters. The molecule has 0 aliphatic heterocycles. The van der Waals surface area contributed by atoms with Gasteiger partial charge in [-0.3, -0.25) is 4.79 Å². The predicted octanol–water partition coefficient (Wildman–Crippen LogP) is 1.44. The van der Waals surface area contributed by atoms with Gasteiger partial charge in [0, 0.05) is 38.8 Å². The maximum absolute atomic E-state index is 12.8. The Morgan fingerprint density at radius 1 is 1.33 bits per heavy atom. The van der Waals surface area contributed by atoms with Crippen LogP contribution in [0.15, 0.2) is 17.0 Å². The number of methoxy groups -OCH3 is 1. The molecule has 0 spiro atoms. The van der Waals surface area contributed by atoms with Crippen LogP contribution in [0.1, 0.15) is 17.3 Å². The molecular formula is C14H23Cl2N3O4S. The smallest absolute Gasteiger partial charge is 0.257 e. The highest BCUT2D eigenvalue weighted by atomic mass is 35.5. The Kier molecular flexibility index (Phi) is 8.47. The molecule has 0 radical (unpaired) electrons. The van der Waals surface area contributed by atoms with Gasteiger partial charge in [-0.05, 0) is 19.1 Å². The van der Waals surface area contributed by atoms with Crippen LogP contribution in [0, 0.1) is 0 Å². The summed E-state index contributed by atoms with van der Waals surface area (Å²) in [7, 11) is 1.91. The van der Waals surface area contributed by atoms with E-state index in [4.69, 9.17) is 22.1 Å². The van der Waals surface area contributed by atoms with Gasteiger partial charge < -0.3 is 15.4 Å². The maximum atomic E-state index is 12.8. The van der Waals surface area contributed by atoms with E-state index in [0.29, 0.717) is 0 Å². The number of ether oxygens (including phenoxy) is 1. The van der Waals surface area contributed by atoms with Crippen molar-refractivity contribution in [1.29, 1.82) is 0 Å². The minimum atomic E-state index is -3.92. The van der Waals surface area contributed by atoms with E-state index in [1.54, 1.807) is 21.0 Å². The average Bonchev–Trinajstić information content (AvgIpc) is 2.51. The van der Waals surface area contributed by atoms with Crippen LogP contribution in [0.2, 0.25) is 5.02 Å². The van der Waals surface area contributed by atoms with E-state index in [1.807, 2.05) is 0 Å². The lowest BCUT2D eigenvalue weighted by molar-refractivity contribution is 0.0823. The highest BCUT2D eigenvalue weighted by molar-refractivity contribution is 7.89. The molecule has 0 aliphatic carbocycles. The average molecular weight is 400 g/mol. The van der Waals surface area contributed by atoms with Crippen molar-refractivity contribution in [3.63, 3.8) is 0 Å². The number of rotatable bonds is 6. The number of halogens is 2. The quantitative estimate of drug-likeness (QED) is 0.780. The number of nitrogens with two attached hydrogens (primary N) is 1. The number of benzene rings is 1. The van der Waals surface area contributed by atoms with Crippen molar-refractivity contribution in [1.82, 2.24) is 9.21 Å². The van der Waals surface area contributed by atoms with E-state index >= 15 is 0 Å². The van der Waals surface area contributed by atoms with Crippen LogP contribution >= 0.6 is 24.0 Å². The summed E-state index contributed by atoms with van der Waals surface area (Å²) in [6, 6.07) is 2.23. The molecule has 1 rings (SSSR count). The van der Waals surface area contributed by atoms with E-state index in [2.05, 4.69) is 0 Å². The van der Waals surface area contributed by atoms with E-state index in [-0.39, 0.29) is 40.2 Å². The second kappa shape index (κ2) is 8.87. The zero-order chi connectivity index (χ0) is 17.9. The number of carbonyl (C=O) groups is 1. The van der Waals surface area contributed by atoms with Crippen molar-refractivity contribution in [3.05, 3.63) is 22.7 Å². The zero-order valence-electron chi connectivity index (χ0n) is 14.2. The number of nitrogens with zero attached hydrogens (tertiary/aromatic N) is 2. The van der Waals surface area contributed by atoms with Crippen molar-refractivity contribution >= 4 is 39.9 Å². The van der Waals surface area contributed by atoms with Gasteiger partial charge in [0.25, 0.3) is 5.91 Å². The zero-order valence-corrected chi connectivity index (χ0v) is 16.6. The van der Waals surface area contributed by atoms with Gasteiger partial charge in [0.2, 0.25) is 10.0 Å². The molecule has 0 aromatic heterocycles. The summed E-state index contributed by atoms with van der Waals surface area (Å²) in [5, 5.41) is 0.128. The Balaban J connectivity index is 0.00000529. The summed E-state index contributed by atoms with van der Waals surface area (Å²) in [5.41, 5.74) is 5.62. The van der Waals surface area contributed by atoms with Crippen LogP contribution in [0.5, 0.6) is 5.75 Å². The molecule has 10 heteroatoms. The summed E-state index contributed by atoms with van der Waals surface area (Å²) in [6.45, 7) is 1.84. The minimum Gasteiger partial charge on any atom is -0.494 e. The first kappa shape index (κ1) is 22.9. The molecule has 1 aromatic carbocycles. The fourth-order valence-corrected chi connectivity index (χ4v) is 3.77. The van der Waals surface area contributed by atoms with Crippen molar-refractivity contribution in [2.45, 2.75) is 17.9 Å². The minimum absolute atomic E-state index is 0. The Labute approximate surface area is 154 Å². The Hall–Kier alpha value is -1.06. The fourth-order valence-electron chi connectivity index (χ4n) is 1.91. The van der Waals surface area contributed by atoms with Gasteiger partial charge in [0.1, 0.15) is 4.90 Å². The van der Waals surface area contributed by atoms with Crippen LogP contribution in [0.3, 0.4) is 0 Å². The third-order valence-electron chi connectivity index (χ3n) is 3.48. The Morgan fingerprint density at radius 3 is 2.29 bits per heavy atom. The lowest BCUT2D eigenvalue weighted by Gasteiger charge is -2.25. The monoisotopic (exact) mass is 399 g/mol. The highest BCUT2D eigenvalue weighted by Gasteiger charge is 2.31. The summed E-state index contributed by atoms with van der Waals surface area (Å²) >= 11 is 6.02. The van der Waals surface area contributed by atoms with Crippen molar-refractivity contribution < 1.29 is 17.9 Å². The molecule has 1 aromatic rings. The van der Waals surface area contributed by atoms with Gasteiger partial charge in [-0.15, -0.1) is 12.4 Å². The molecule has 24 heavy (non-hydrogen) atoms. The predicted molar refractivity (Wildman–Crippen MR) is 96.7 cm³/mol. The van der Waals surface area contributed by atoms with Crippen molar-refractivity contribution in [2.75, 3.05) is 34.8 Å². The Morgan fingerprint density at radius 2 is 1.88 bits per heavy atom. The van der Waals surface area contributed by atoms with E-state index in [9.17, 15) is 13.2 Å². The molecule has 1 amide bonds. The van der Waals surface area contributed by atoms with Crippen LogP contribution in [-0.2, 0) is 10.0 Å². The third-order valence-corrected chi connectivity index (χ3v) is 5.67. The number of carbonyl (C=O) groups excluding carboxylic acids is 1. The van der Waals surface area contributed by atoms with Crippen LogP contribution < -0.4 is 10.5 Å². The molecule has 0 heterocycles. The first-order chi connectivity index (χ1) is 10.6. The highest BCUT2D eigenvalue weighted by Crippen LogP contribution is 2.34. The van der Waals surface area contributed by atoms with Crippen LogP contribution in [0.25, 0.3) is 0 Å². The molecule has 138 valence electrons. The van der Waals surface area contributed by atoms with Crippen molar-refractivity contribution in [2.24, 2.45) is 5.73 Å². The summed E-state index contributed by atoms with van der Waals surface area (Å²) in [4.78, 5) is 13.4. The number of hydrogen-bond acceptors (Lipinski definition) is 5. The number of hydrogen-bond donors (Lipinski definition) is 1. The van der Waals surface area contributed by atoms with Crippen molar-refractivity contribution in [3.8, 4) is 5.75 Å². The topological polar surface area (TPSA) is 92.9 Å². The second-order valence-corrected chi connectivity index (χ2v) is 7.69. The van der Waals surface area contributed by atoms with E-state index < -0.39 is 22.0 Å². The lowest BCUT2D eigenvalue weighted by atomic mass is 10.2. The van der Waals surface area contributed by atoms with Gasteiger partial charge in [0.15, 0.2) is 5.75 Å².